The quantitative estimate of drug-likeness (QED) is 0.587. The van der Waals surface area contributed by atoms with Crippen molar-refractivity contribution in [3.05, 3.63) is 38.9 Å². The van der Waals surface area contributed by atoms with Crippen LogP contribution < -0.4 is 0 Å². The first-order chi connectivity index (χ1) is 6.79. The van der Waals surface area contributed by atoms with Gasteiger partial charge in [-0.1, -0.05) is 11.6 Å². The van der Waals surface area contributed by atoms with Gasteiger partial charge in [-0.3, -0.25) is 10.1 Å². The highest BCUT2D eigenvalue weighted by atomic mass is 35.5. The molecule has 0 fully saturated rings. The number of nitro groups is 1. The number of nitrogens with zero attached hydrogens (tertiary/aromatic N) is 1. The Kier molecular flexibility index (Phi) is 3.18. The normalized spacial score (nSPS) is 11.5. The summed E-state index contributed by atoms with van der Waals surface area (Å²) in [7, 11) is 0. The molecule has 0 heterocycles. The lowest BCUT2D eigenvalue weighted by Gasteiger charge is -2.06. The number of hydrogen-bond donors (Lipinski definition) is 0. The van der Waals surface area contributed by atoms with E-state index in [1.165, 1.54) is 6.07 Å². The highest BCUT2D eigenvalue weighted by molar-refractivity contribution is 6.30. The topological polar surface area (TPSA) is 43.1 Å². The molecule has 82 valence electrons. The van der Waals surface area contributed by atoms with Crippen molar-refractivity contribution in [2.45, 2.75) is 12.6 Å². The van der Waals surface area contributed by atoms with Crippen molar-refractivity contribution in [2.24, 2.45) is 0 Å². The molecule has 1 aromatic rings. The van der Waals surface area contributed by atoms with Gasteiger partial charge >= 0.3 is 6.18 Å². The highest BCUT2D eigenvalue weighted by Gasteiger charge is 2.31. The third-order valence-corrected chi connectivity index (χ3v) is 1.86. The van der Waals surface area contributed by atoms with E-state index in [9.17, 15) is 23.3 Å². The van der Waals surface area contributed by atoms with Gasteiger partial charge in [0.2, 0.25) is 0 Å². The molecule has 0 N–H and O–H groups in total. The van der Waals surface area contributed by atoms with E-state index in [2.05, 4.69) is 0 Å². The molecule has 0 unspecified atom stereocenters. The van der Waals surface area contributed by atoms with Gasteiger partial charge in [0.1, 0.15) is 0 Å². The predicted octanol–water partition coefficient (Wildman–Crippen LogP) is 3.35. The number of rotatable bonds is 2. The summed E-state index contributed by atoms with van der Waals surface area (Å²) in [5.74, 6) is 0. The Hall–Kier alpha value is -1.30. The Morgan fingerprint density at radius 3 is 2.47 bits per heavy atom. The molecular formula is C8H5ClF3NO2. The van der Waals surface area contributed by atoms with Crippen LogP contribution in [0, 0.1) is 10.1 Å². The number of hydrogen-bond acceptors (Lipinski definition) is 2. The molecule has 0 aliphatic carbocycles. The molecule has 0 aliphatic rings. The maximum atomic E-state index is 12.1. The Bertz CT molecular complexity index is 392. The largest absolute Gasteiger partial charge is 0.393 e. The zero-order valence-corrected chi connectivity index (χ0v) is 7.97. The van der Waals surface area contributed by atoms with E-state index in [1.807, 2.05) is 0 Å². The molecule has 3 nitrogen and oxygen atoms in total. The summed E-state index contributed by atoms with van der Waals surface area (Å²) in [6.07, 6.45) is -5.85. The van der Waals surface area contributed by atoms with E-state index < -0.39 is 28.8 Å². The second-order valence-electron chi connectivity index (χ2n) is 2.82. The number of benzene rings is 1. The molecule has 0 saturated carbocycles. The molecule has 15 heavy (non-hydrogen) atoms. The maximum Gasteiger partial charge on any atom is 0.393 e. The van der Waals surface area contributed by atoms with Gasteiger partial charge in [-0.05, 0) is 12.1 Å². The minimum Gasteiger partial charge on any atom is -0.258 e. The second kappa shape index (κ2) is 4.06. The minimum absolute atomic E-state index is 0.0415. The average Bonchev–Trinajstić information content (AvgIpc) is 1.99. The predicted molar refractivity (Wildman–Crippen MR) is 47.9 cm³/mol. The van der Waals surface area contributed by atoms with Crippen LogP contribution in [0.3, 0.4) is 0 Å². The molecule has 0 saturated heterocycles. The van der Waals surface area contributed by atoms with Gasteiger partial charge in [0, 0.05) is 16.7 Å². The van der Waals surface area contributed by atoms with Crippen LogP contribution in [0.25, 0.3) is 0 Å². The van der Waals surface area contributed by atoms with Gasteiger partial charge < -0.3 is 0 Å². The van der Waals surface area contributed by atoms with E-state index in [1.54, 1.807) is 0 Å². The van der Waals surface area contributed by atoms with Crippen molar-refractivity contribution in [3.63, 3.8) is 0 Å². The van der Waals surface area contributed by atoms with E-state index >= 15 is 0 Å². The summed E-state index contributed by atoms with van der Waals surface area (Å²) in [6.45, 7) is 0. The Balaban J connectivity index is 3.13. The molecule has 0 bridgehead atoms. The lowest BCUT2D eigenvalue weighted by atomic mass is 10.1. The van der Waals surface area contributed by atoms with Gasteiger partial charge in [0.05, 0.1) is 11.3 Å². The number of alkyl halides is 3. The molecule has 1 aromatic carbocycles. The summed E-state index contributed by atoms with van der Waals surface area (Å²) in [5, 5.41) is 10.5. The maximum absolute atomic E-state index is 12.1. The summed E-state index contributed by atoms with van der Waals surface area (Å²) < 4.78 is 36.2. The molecule has 0 aliphatic heterocycles. The van der Waals surface area contributed by atoms with Crippen molar-refractivity contribution < 1.29 is 18.1 Å². The van der Waals surface area contributed by atoms with Crippen LogP contribution in [0.1, 0.15) is 5.56 Å². The fraction of sp³-hybridized carbons (Fsp3) is 0.250. The van der Waals surface area contributed by atoms with Crippen LogP contribution in [0.5, 0.6) is 0 Å². The van der Waals surface area contributed by atoms with Crippen molar-refractivity contribution in [1.82, 2.24) is 0 Å². The first-order valence-corrected chi connectivity index (χ1v) is 4.17. The van der Waals surface area contributed by atoms with Gasteiger partial charge in [-0.2, -0.15) is 13.2 Å². The van der Waals surface area contributed by atoms with Gasteiger partial charge in [-0.25, -0.2) is 0 Å². The van der Waals surface area contributed by atoms with Crippen molar-refractivity contribution in [2.75, 3.05) is 0 Å². The first-order valence-electron chi connectivity index (χ1n) is 3.79. The standard InChI is InChI=1S/C8H5ClF3NO2/c9-6-1-2-7(13(14)15)5(3-6)4-8(10,11)12/h1-3H,4H2. The van der Waals surface area contributed by atoms with Crippen LogP contribution in [0.2, 0.25) is 5.02 Å². The van der Waals surface area contributed by atoms with Crippen LogP contribution in [-0.4, -0.2) is 11.1 Å². The Labute approximate surface area is 87.6 Å². The van der Waals surface area contributed by atoms with Crippen molar-refractivity contribution >= 4 is 17.3 Å². The molecule has 1 rings (SSSR count). The van der Waals surface area contributed by atoms with Gasteiger partial charge in [-0.15, -0.1) is 0 Å². The van der Waals surface area contributed by atoms with E-state index in [4.69, 9.17) is 11.6 Å². The lowest BCUT2D eigenvalue weighted by Crippen LogP contribution is -2.12. The fourth-order valence-electron chi connectivity index (χ4n) is 1.09. The summed E-state index contributed by atoms with van der Waals surface area (Å²) in [5.41, 5.74) is -1.00. The van der Waals surface area contributed by atoms with Crippen LogP contribution in [0.15, 0.2) is 18.2 Å². The van der Waals surface area contributed by atoms with E-state index in [0.29, 0.717) is 0 Å². The first kappa shape index (κ1) is 11.8. The third-order valence-electron chi connectivity index (χ3n) is 1.63. The smallest absolute Gasteiger partial charge is 0.258 e. The Morgan fingerprint density at radius 2 is 2.00 bits per heavy atom. The summed E-state index contributed by atoms with van der Waals surface area (Å²) in [4.78, 5) is 9.55. The molecular weight excluding hydrogens is 235 g/mol. The molecule has 0 radical (unpaired) electrons. The minimum atomic E-state index is -4.49. The van der Waals surface area contributed by atoms with Gasteiger partial charge in [0.15, 0.2) is 0 Å². The highest BCUT2D eigenvalue weighted by Crippen LogP contribution is 2.29. The third kappa shape index (κ3) is 3.39. The van der Waals surface area contributed by atoms with E-state index in [-0.39, 0.29) is 5.02 Å². The van der Waals surface area contributed by atoms with Crippen molar-refractivity contribution in [3.8, 4) is 0 Å². The number of nitro benzene ring substituents is 1. The second-order valence-corrected chi connectivity index (χ2v) is 3.26. The zero-order chi connectivity index (χ0) is 11.6. The molecule has 7 heteroatoms. The summed E-state index contributed by atoms with van der Waals surface area (Å²) >= 11 is 5.46. The van der Waals surface area contributed by atoms with E-state index in [0.717, 1.165) is 12.1 Å². The fourth-order valence-corrected chi connectivity index (χ4v) is 1.28. The van der Waals surface area contributed by atoms with Crippen LogP contribution in [0.4, 0.5) is 18.9 Å². The molecule has 0 amide bonds. The van der Waals surface area contributed by atoms with Crippen molar-refractivity contribution in [1.29, 1.82) is 0 Å². The van der Waals surface area contributed by atoms with Gasteiger partial charge in [0.25, 0.3) is 5.69 Å². The van der Waals surface area contributed by atoms with Crippen LogP contribution >= 0.6 is 11.6 Å². The zero-order valence-electron chi connectivity index (χ0n) is 7.21. The molecule has 0 aromatic heterocycles. The Morgan fingerprint density at radius 1 is 1.40 bits per heavy atom. The molecule has 0 spiro atoms. The lowest BCUT2D eigenvalue weighted by molar-refractivity contribution is -0.386. The molecule has 0 atom stereocenters. The van der Waals surface area contributed by atoms with Crippen LogP contribution in [-0.2, 0) is 6.42 Å². The summed E-state index contributed by atoms with van der Waals surface area (Å²) in [6, 6.07) is 3.09. The monoisotopic (exact) mass is 239 g/mol. The SMILES string of the molecule is O=[N+]([O-])c1ccc(Cl)cc1CC(F)(F)F. The average molecular weight is 240 g/mol. The number of halogens is 4.